The molecular weight excluding hydrogens is 203 g/mol. The molecule has 1 atom stereocenters. The van der Waals surface area contributed by atoms with Gasteiger partial charge in [0, 0.05) is 16.8 Å². The first-order valence-electron chi connectivity index (χ1n) is 4.63. The van der Waals surface area contributed by atoms with Crippen LogP contribution in [-0.4, -0.2) is 5.88 Å². The van der Waals surface area contributed by atoms with Gasteiger partial charge in [-0.3, -0.25) is 0 Å². The summed E-state index contributed by atoms with van der Waals surface area (Å²) < 4.78 is 0. The number of halogens is 2. The quantitative estimate of drug-likeness (QED) is 0.666. The van der Waals surface area contributed by atoms with Crippen molar-refractivity contribution in [1.82, 2.24) is 0 Å². The minimum atomic E-state index is 0.468. The van der Waals surface area contributed by atoms with Gasteiger partial charge in [-0.15, -0.1) is 11.6 Å². The molecule has 1 aromatic carbocycles. The summed E-state index contributed by atoms with van der Waals surface area (Å²) in [6, 6.07) is 8.03. The molecule has 0 saturated heterocycles. The van der Waals surface area contributed by atoms with Gasteiger partial charge < -0.3 is 0 Å². The lowest BCUT2D eigenvalue weighted by Crippen LogP contribution is -2.03. The Morgan fingerprint density at radius 3 is 2.54 bits per heavy atom. The summed E-state index contributed by atoms with van der Waals surface area (Å²) in [5.74, 6) is 1.93. The van der Waals surface area contributed by atoms with Crippen LogP contribution in [0.4, 0.5) is 0 Å². The summed E-state index contributed by atoms with van der Waals surface area (Å²) in [6.07, 6.45) is 2.62. The Morgan fingerprint density at radius 2 is 2.00 bits per heavy atom. The zero-order valence-electron chi connectivity index (χ0n) is 7.34. The molecule has 1 fully saturated rings. The molecule has 2 rings (SSSR count). The maximum atomic E-state index is 6.11. The van der Waals surface area contributed by atoms with Crippen molar-refractivity contribution in [2.75, 3.05) is 5.88 Å². The highest BCUT2D eigenvalue weighted by Crippen LogP contribution is 2.44. The lowest BCUT2D eigenvalue weighted by atomic mass is 9.96. The molecule has 0 nitrogen and oxygen atoms in total. The second-order valence-electron chi connectivity index (χ2n) is 3.62. The minimum absolute atomic E-state index is 0.468. The third-order valence-corrected chi connectivity index (χ3v) is 3.34. The fourth-order valence-corrected chi connectivity index (χ4v) is 2.43. The van der Waals surface area contributed by atoms with Crippen molar-refractivity contribution in [3.63, 3.8) is 0 Å². The molecule has 0 spiro atoms. The SMILES string of the molecule is ClCC(c1ccccc1Cl)C1CC1. The van der Waals surface area contributed by atoms with E-state index in [0.717, 1.165) is 10.9 Å². The summed E-state index contributed by atoms with van der Waals surface area (Å²) in [5.41, 5.74) is 1.22. The number of benzene rings is 1. The van der Waals surface area contributed by atoms with Crippen LogP contribution in [0.5, 0.6) is 0 Å². The van der Waals surface area contributed by atoms with Gasteiger partial charge in [0.1, 0.15) is 0 Å². The molecule has 0 bridgehead atoms. The molecule has 0 heterocycles. The molecule has 1 aliphatic carbocycles. The van der Waals surface area contributed by atoms with Crippen molar-refractivity contribution in [2.24, 2.45) is 5.92 Å². The normalized spacial score (nSPS) is 18.6. The van der Waals surface area contributed by atoms with Crippen molar-refractivity contribution in [1.29, 1.82) is 0 Å². The van der Waals surface area contributed by atoms with Crippen LogP contribution in [-0.2, 0) is 0 Å². The molecule has 1 unspecified atom stereocenters. The lowest BCUT2D eigenvalue weighted by Gasteiger charge is -2.14. The number of hydrogen-bond acceptors (Lipinski definition) is 0. The van der Waals surface area contributed by atoms with Crippen molar-refractivity contribution >= 4 is 23.2 Å². The standard InChI is InChI=1S/C11H12Cl2/c12-7-10(8-5-6-8)9-3-1-2-4-11(9)13/h1-4,8,10H,5-7H2. The van der Waals surface area contributed by atoms with E-state index in [-0.39, 0.29) is 0 Å². The predicted octanol–water partition coefficient (Wildman–Crippen LogP) is 4.07. The van der Waals surface area contributed by atoms with Gasteiger partial charge in [0.25, 0.3) is 0 Å². The Hall–Kier alpha value is -0.200. The smallest absolute Gasteiger partial charge is 0.0441 e. The molecule has 1 aliphatic rings. The molecule has 70 valence electrons. The largest absolute Gasteiger partial charge is 0.126 e. The highest BCUT2D eigenvalue weighted by Gasteiger charge is 2.32. The van der Waals surface area contributed by atoms with Gasteiger partial charge in [0.15, 0.2) is 0 Å². The highest BCUT2D eigenvalue weighted by atomic mass is 35.5. The van der Waals surface area contributed by atoms with E-state index in [9.17, 15) is 0 Å². The van der Waals surface area contributed by atoms with E-state index in [4.69, 9.17) is 23.2 Å². The molecule has 13 heavy (non-hydrogen) atoms. The maximum Gasteiger partial charge on any atom is 0.0441 e. The van der Waals surface area contributed by atoms with Gasteiger partial charge >= 0.3 is 0 Å². The third kappa shape index (κ3) is 2.00. The zero-order valence-corrected chi connectivity index (χ0v) is 8.85. The Balaban J connectivity index is 2.26. The van der Waals surface area contributed by atoms with Gasteiger partial charge in [0.05, 0.1) is 0 Å². The first-order chi connectivity index (χ1) is 6.33. The fraction of sp³-hybridized carbons (Fsp3) is 0.455. The topological polar surface area (TPSA) is 0 Å². The summed E-state index contributed by atoms with van der Waals surface area (Å²) in [5, 5.41) is 0.861. The van der Waals surface area contributed by atoms with E-state index in [1.54, 1.807) is 0 Å². The van der Waals surface area contributed by atoms with E-state index in [1.807, 2.05) is 18.2 Å². The van der Waals surface area contributed by atoms with Crippen LogP contribution < -0.4 is 0 Å². The van der Waals surface area contributed by atoms with Crippen molar-refractivity contribution in [3.8, 4) is 0 Å². The molecule has 0 amide bonds. The van der Waals surface area contributed by atoms with E-state index < -0.39 is 0 Å². The van der Waals surface area contributed by atoms with Gasteiger partial charge in [0.2, 0.25) is 0 Å². The van der Waals surface area contributed by atoms with Crippen LogP contribution in [0.15, 0.2) is 24.3 Å². The Kier molecular flexibility index (Phi) is 2.80. The van der Waals surface area contributed by atoms with E-state index in [2.05, 4.69) is 6.07 Å². The fourth-order valence-electron chi connectivity index (χ4n) is 1.74. The maximum absolute atomic E-state index is 6.11. The van der Waals surface area contributed by atoms with Crippen LogP contribution in [0.3, 0.4) is 0 Å². The van der Waals surface area contributed by atoms with E-state index >= 15 is 0 Å². The summed E-state index contributed by atoms with van der Waals surface area (Å²) in [6.45, 7) is 0. The summed E-state index contributed by atoms with van der Waals surface area (Å²) in [7, 11) is 0. The second kappa shape index (κ2) is 3.89. The van der Waals surface area contributed by atoms with Crippen LogP contribution in [0.1, 0.15) is 24.3 Å². The molecule has 0 N–H and O–H groups in total. The van der Waals surface area contributed by atoms with Crippen LogP contribution in [0.2, 0.25) is 5.02 Å². The predicted molar refractivity (Wildman–Crippen MR) is 57.6 cm³/mol. The molecular formula is C11H12Cl2. The Morgan fingerprint density at radius 1 is 1.31 bits per heavy atom. The Labute approximate surface area is 88.9 Å². The average Bonchev–Trinajstić information content (AvgIpc) is 2.93. The third-order valence-electron chi connectivity index (χ3n) is 2.66. The molecule has 0 aromatic heterocycles. The lowest BCUT2D eigenvalue weighted by molar-refractivity contribution is 0.670. The van der Waals surface area contributed by atoms with Gasteiger partial charge in [-0.05, 0) is 30.4 Å². The zero-order chi connectivity index (χ0) is 9.26. The first kappa shape index (κ1) is 9.36. The molecule has 1 saturated carbocycles. The summed E-state index contributed by atoms with van der Waals surface area (Å²) >= 11 is 12.1. The van der Waals surface area contributed by atoms with Gasteiger partial charge in [-0.2, -0.15) is 0 Å². The van der Waals surface area contributed by atoms with E-state index in [1.165, 1.54) is 18.4 Å². The highest BCUT2D eigenvalue weighted by molar-refractivity contribution is 6.31. The van der Waals surface area contributed by atoms with Crippen LogP contribution in [0, 0.1) is 5.92 Å². The molecule has 0 aliphatic heterocycles. The van der Waals surface area contributed by atoms with Gasteiger partial charge in [-0.25, -0.2) is 0 Å². The van der Waals surface area contributed by atoms with Gasteiger partial charge in [-0.1, -0.05) is 29.8 Å². The van der Waals surface area contributed by atoms with Crippen LogP contribution in [0.25, 0.3) is 0 Å². The first-order valence-corrected chi connectivity index (χ1v) is 5.54. The van der Waals surface area contributed by atoms with Crippen LogP contribution >= 0.6 is 23.2 Å². The number of rotatable bonds is 3. The van der Waals surface area contributed by atoms with E-state index in [0.29, 0.717) is 11.8 Å². The summed E-state index contributed by atoms with van der Waals surface area (Å²) in [4.78, 5) is 0. The van der Waals surface area contributed by atoms with Crippen molar-refractivity contribution in [2.45, 2.75) is 18.8 Å². The van der Waals surface area contributed by atoms with Crippen molar-refractivity contribution < 1.29 is 0 Å². The monoisotopic (exact) mass is 214 g/mol. The average molecular weight is 215 g/mol. The minimum Gasteiger partial charge on any atom is -0.126 e. The molecule has 0 radical (unpaired) electrons. The van der Waals surface area contributed by atoms with Crippen molar-refractivity contribution in [3.05, 3.63) is 34.9 Å². The number of hydrogen-bond donors (Lipinski definition) is 0. The number of alkyl halides is 1. The second-order valence-corrected chi connectivity index (χ2v) is 4.34. The Bertz CT molecular complexity index is 292. The molecule has 2 heteroatoms. The molecule has 1 aromatic rings.